The predicted molar refractivity (Wildman–Crippen MR) is 126 cm³/mol. The van der Waals surface area contributed by atoms with Gasteiger partial charge in [0, 0.05) is 36.9 Å². The number of aromatic nitrogens is 2. The molecule has 0 spiro atoms. The highest BCUT2D eigenvalue weighted by atomic mass is 32.2. The van der Waals surface area contributed by atoms with E-state index in [0.717, 1.165) is 6.20 Å². The maximum atomic E-state index is 15.9. The molecule has 1 aliphatic heterocycles. The van der Waals surface area contributed by atoms with E-state index in [0.29, 0.717) is 25.9 Å². The van der Waals surface area contributed by atoms with Crippen LogP contribution in [-0.2, 0) is 10.0 Å². The number of rotatable bonds is 6. The van der Waals surface area contributed by atoms with Gasteiger partial charge in [-0.05, 0) is 45.4 Å². The summed E-state index contributed by atoms with van der Waals surface area (Å²) in [5.74, 6) is -1.09. The van der Waals surface area contributed by atoms with E-state index in [1.165, 1.54) is 10.6 Å². The quantitative estimate of drug-likeness (QED) is 0.345. The Morgan fingerprint density at radius 1 is 1.29 bits per heavy atom. The number of anilines is 1. The van der Waals surface area contributed by atoms with Gasteiger partial charge in [0.05, 0.1) is 11.7 Å². The molecule has 1 saturated carbocycles. The molecule has 2 aromatic heterocycles. The van der Waals surface area contributed by atoms with E-state index < -0.39 is 42.8 Å². The fourth-order valence-electron chi connectivity index (χ4n) is 4.10. The zero-order valence-electron chi connectivity index (χ0n) is 18.8. The SMILES string of the molecule is C[C@H]1CN(c2c(F)c(S(=O)(=O)NC3(C)CC3)cn3c(C(=N)SC(=N)C(F)F)ncc23)C[C@H](C)N1. The van der Waals surface area contributed by atoms with Crippen LogP contribution >= 0.6 is 11.8 Å². The summed E-state index contributed by atoms with van der Waals surface area (Å²) in [6, 6.07) is -0.00977. The van der Waals surface area contributed by atoms with Crippen LogP contribution < -0.4 is 14.9 Å². The van der Waals surface area contributed by atoms with Crippen molar-refractivity contribution in [2.75, 3.05) is 18.0 Å². The van der Waals surface area contributed by atoms with Crippen LogP contribution in [0.3, 0.4) is 0 Å². The highest BCUT2D eigenvalue weighted by molar-refractivity contribution is 8.26. The Balaban J connectivity index is 1.88. The van der Waals surface area contributed by atoms with Gasteiger partial charge in [-0.15, -0.1) is 0 Å². The maximum Gasteiger partial charge on any atom is 0.285 e. The number of nitrogens with one attached hydrogen (secondary N) is 4. The number of fused-ring (bicyclic) bond motifs is 1. The normalized spacial score (nSPS) is 22.4. The van der Waals surface area contributed by atoms with Crippen LogP contribution in [0.5, 0.6) is 0 Å². The van der Waals surface area contributed by atoms with Gasteiger partial charge in [0.1, 0.15) is 20.7 Å². The highest BCUT2D eigenvalue weighted by Crippen LogP contribution is 2.38. The molecule has 2 aromatic rings. The van der Waals surface area contributed by atoms with Crippen molar-refractivity contribution in [1.29, 1.82) is 10.8 Å². The second-order valence-electron chi connectivity index (χ2n) is 9.13. The van der Waals surface area contributed by atoms with Crippen LogP contribution in [0.25, 0.3) is 5.52 Å². The lowest BCUT2D eigenvalue weighted by Crippen LogP contribution is -2.54. The monoisotopic (exact) mass is 517 g/mol. The van der Waals surface area contributed by atoms with Gasteiger partial charge in [-0.2, -0.15) is 0 Å². The summed E-state index contributed by atoms with van der Waals surface area (Å²) in [6.45, 7) is 6.38. The lowest BCUT2D eigenvalue weighted by atomic mass is 10.1. The molecule has 186 valence electrons. The van der Waals surface area contributed by atoms with E-state index in [9.17, 15) is 17.2 Å². The number of hydrogen-bond donors (Lipinski definition) is 4. The van der Waals surface area contributed by atoms with E-state index in [2.05, 4.69) is 15.0 Å². The molecule has 0 unspecified atom stereocenters. The minimum absolute atomic E-state index is 0.00489. The molecular formula is C20H26F3N7O2S2. The molecule has 0 bridgehead atoms. The standard InChI is InChI=1S/C20H26F3N7O2S2/c1-10-7-29(8-11(2)27-10)15-12-6-26-19(18(25)33-17(24)16(22)23)30(12)9-13(14(15)21)34(31,32)28-20(3)4-5-20/h6,9-11,16,24-25,27-28H,4-5,7-8H2,1-3H3/t10-,11-/m0/s1. The molecular weight excluding hydrogens is 491 g/mol. The Bertz CT molecular complexity index is 1250. The molecule has 2 atom stereocenters. The summed E-state index contributed by atoms with van der Waals surface area (Å²) in [7, 11) is -4.28. The minimum atomic E-state index is -4.28. The van der Waals surface area contributed by atoms with E-state index in [4.69, 9.17) is 10.8 Å². The molecule has 1 aliphatic carbocycles. The lowest BCUT2D eigenvalue weighted by Gasteiger charge is -2.38. The Kier molecular flexibility index (Phi) is 6.46. The third-order valence-corrected chi connectivity index (χ3v) is 8.28. The zero-order chi connectivity index (χ0) is 25.0. The molecule has 4 N–H and O–H groups in total. The molecule has 1 saturated heterocycles. The van der Waals surface area contributed by atoms with E-state index in [1.54, 1.807) is 11.8 Å². The predicted octanol–water partition coefficient (Wildman–Crippen LogP) is 2.79. The van der Waals surface area contributed by atoms with Gasteiger partial charge in [-0.25, -0.2) is 31.3 Å². The minimum Gasteiger partial charge on any atom is -0.364 e. The third-order valence-electron chi connectivity index (χ3n) is 5.87. The van der Waals surface area contributed by atoms with Gasteiger partial charge in [-0.3, -0.25) is 15.2 Å². The molecule has 0 radical (unpaired) electrons. The van der Waals surface area contributed by atoms with Crippen LogP contribution in [0.4, 0.5) is 18.9 Å². The number of thioether (sulfide) groups is 1. The Labute approximate surface area is 199 Å². The van der Waals surface area contributed by atoms with Crippen molar-refractivity contribution < 1.29 is 21.6 Å². The second kappa shape index (κ2) is 8.81. The molecule has 0 amide bonds. The maximum absolute atomic E-state index is 15.9. The summed E-state index contributed by atoms with van der Waals surface area (Å²) in [4.78, 5) is 5.23. The van der Waals surface area contributed by atoms with Gasteiger partial charge in [0.15, 0.2) is 11.6 Å². The van der Waals surface area contributed by atoms with E-state index in [-0.39, 0.29) is 40.9 Å². The fraction of sp³-hybridized carbons (Fsp3) is 0.550. The van der Waals surface area contributed by atoms with Crippen molar-refractivity contribution in [3.8, 4) is 0 Å². The van der Waals surface area contributed by atoms with Gasteiger partial charge < -0.3 is 10.2 Å². The molecule has 2 fully saturated rings. The Morgan fingerprint density at radius 3 is 2.47 bits per heavy atom. The van der Waals surface area contributed by atoms with Crippen LogP contribution in [0.15, 0.2) is 17.3 Å². The molecule has 3 heterocycles. The molecule has 0 aromatic carbocycles. The summed E-state index contributed by atoms with van der Waals surface area (Å²) in [5, 5.41) is 17.4. The molecule has 2 aliphatic rings. The first-order valence-corrected chi connectivity index (χ1v) is 13.0. The van der Waals surface area contributed by atoms with Crippen molar-refractivity contribution in [1.82, 2.24) is 19.4 Å². The van der Waals surface area contributed by atoms with Crippen molar-refractivity contribution in [2.24, 2.45) is 0 Å². The third kappa shape index (κ3) is 4.81. The average Bonchev–Trinajstić information content (AvgIpc) is 3.27. The fourth-order valence-corrected chi connectivity index (χ4v) is 6.20. The average molecular weight is 518 g/mol. The van der Waals surface area contributed by atoms with Crippen molar-refractivity contribution in [2.45, 2.75) is 62.6 Å². The number of hydrogen-bond acceptors (Lipinski definition) is 8. The first kappa shape index (κ1) is 24.9. The smallest absolute Gasteiger partial charge is 0.285 e. The van der Waals surface area contributed by atoms with E-state index >= 15 is 4.39 Å². The molecule has 14 heteroatoms. The molecule has 9 nitrogen and oxygen atoms in total. The number of nitrogens with zero attached hydrogens (tertiary/aromatic N) is 3. The first-order chi connectivity index (χ1) is 15.8. The van der Waals surface area contributed by atoms with E-state index in [1.807, 2.05) is 13.8 Å². The van der Waals surface area contributed by atoms with Gasteiger partial charge in [0.25, 0.3) is 6.43 Å². The summed E-state index contributed by atoms with van der Waals surface area (Å²) in [5.41, 5.74) is -0.422. The summed E-state index contributed by atoms with van der Waals surface area (Å²) in [6.07, 6.45) is 0.512. The number of sulfonamides is 1. The van der Waals surface area contributed by atoms with Gasteiger partial charge >= 0.3 is 0 Å². The largest absolute Gasteiger partial charge is 0.364 e. The van der Waals surface area contributed by atoms with Gasteiger partial charge in [-0.1, -0.05) is 0 Å². The van der Waals surface area contributed by atoms with Crippen molar-refractivity contribution in [3.05, 3.63) is 24.0 Å². The number of pyridine rings is 1. The van der Waals surface area contributed by atoms with Crippen LogP contribution in [-0.4, -0.2) is 65.0 Å². The Hall–Kier alpha value is -2.16. The van der Waals surface area contributed by atoms with Crippen LogP contribution in [0.2, 0.25) is 0 Å². The summed E-state index contributed by atoms with van der Waals surface area (Å²) >= 11 is 0.211. The first-order valence-electron chi connectivity index (χ1n) is 10.7. The zero-order valence-corrected chi connectivity index (χ0v) is 20.5. The number of imidazole rings is 1. The van der Waals surface area contributed by atoms with Crippen LogP contribution in [0, 0.1) is 16.6 Å². The molecule has 34 heavy (non-hydrogen) atoms. The summed E-state index contributed by atoms with van der Waals surface area (Å²) < 4.78 is 71.8. The number of halogens is 3. The lowest BCUT2D eigenvalue weighted by molar-refractivity contribution is 0.228. The highest BCUT2D eigenvalue weighted by Gasteiger charge is 2.43. The topological polar surface area (TPSA) is 126 Å². The second-order valence-corrected chi connectivity index (χ2v) is 11.8. The molecule has 4 rings (SSSR count). The Morgan fingerprint density at radius 2 is 1.91 bits per heavy atom. The van der Waals surface area contributed by atoms with Gasteiger partial charge in [0.2, 0.25) is 10.0 Å². The number of alkyl halides is 2. The van der Waals surface area contributed by atoms with Crippen LogP contribution in [0.1, 0.15) is 39.4 Å². The number of piperazine rings is 1. The van der Waals surface area contributed by atoms with Crippen molar-refractivity contribution in [3.63, 3.8) is 0 Å². The van der Waals surface area contributed by atoms with Crippen molar-refractivity contribution >= 4 is 43.1 Å².